The average Bonchev–Trinajstić information content (AvgIpc) is 3.64. The maximum Gasteiger partial charge on any atom is 0.431 e. The van der Waals surface area contributed by atoms with Crippen molar-refractivity contribution in [1.29, 1.82) is 0 Å². The summed E-state index contributed by atoms with van der Waals surface area (Å²) in [4.78, 5) is 13.5. The van der Waals surface area contributed by atoms with Crippen LogP contribution in [0.15, 0.2) is 21.7 Å². The fourth-order valence-electron chi connectivity index (χ4n) is 5.31. The van der Waals surface area contributed by atoms with Crippen LogP contribution in [0.25, 0.3) is 0 Å². The van der Waals surface area contributed by atoms with Crippen LogP contribution < -0.4 is 5.73 Å². The number of halogens is 3. The number of amides is 1. The van der Waals surface area contributed by atoms with Gasteiger partial charge < -0.3 is 10.6 Å². The number of nitrogens with zero attached hydrogens (tertiary/aromatic N) is 1. The molecule has 0 spiro atoms. The van der Waals surface area contributed by atoms with Crippen molar-refractivity contribution in [2.24, 2.45) is 23.5 Å². The largest absolute Gasteiger partial charge is 0.431 e. The van der Waals surface area contributed by atoms with Gasteiger partial charge in [-0.05, 0) is 56.1 Å². The molecule has 1 amide bonds. The fourth-order valence-corrected chi connectivity index (χ4v) is 8.52. The molecule has 3 saturated carbocycles. The molecule has 3 fully saturated rings. The Labute approximate surface area is 198 Å². The second kappa shape index (κ2) is 9.47. The van der Waals surface area contributed by atoms with Crippen molar-refractivity contribution in [2.75, 3.05) is 18.6 Å². The molecule has 33 heavy (non-hydrogen) atoms. The van der Waals surface area contributed by atoms with Crippen LogP contribution in [-0.4, -0.2) is 49.3 Å². The van der Waals surface area contributed by atoms with Gasteiger partial charge in [-0.2, -0.15) is 13.2 Å². The van der Waals surface area contributed by atoms with E-state index in [1.54, 1.807) is 6.26 Å². The van der Waals surface area contributed by atoms with Gasteiger partial charge in [-0.25, -0.2) is 8.42 Å². The zero-order valence-electron chi connectivity index (χ0n) is 19.0. The van der Waals surface area contributed by atoms with Gasteiger partial charge in [0.2, 0.25) is 5.91 Å². The third kappa shape index (κ3) is 5.57. The maximum atomic E-state index is 14.7. The second-order valence-electron chi connectivity index (χ2n) is 10.0. The highest BCUT2D eigenvalue weighted by atomic mass is 32.2. The molecule has 4 rings (SSSR count). The summed E-state index contributed by atoms with van der Waals surface area (Å²) in [5.74, 6) is -1.13. The lowest BCUT2D eigenvalue weighted by Crippen LogP contribution is -2.48. The fraction of sp³-hybridized carbons (Fsp3) is 0.783. The third-order valence-corrected chi connectivity index (χ3v) is 10.1. The van der Waals surface area contributed by atoms with Crippen molar-refractivity contribution >= 4 is 27.5 Å². The van der Waals surface area contributed by atoms with Crippen molar-refractivity contribution in [3.05, 3.63) is 21.7 Å². The molecule has 10 heteroatoms. The molecule has 0 aromatic heterocycles. The minimum absolute atomic E-state index is 0.0210. The van der Waals surface area contributed by atoms with Crippen molar-refractivity contribution in [2.45, 2.75) is 75.8 Å². The first-order chi connectivity index (χ1) is 15.5. The maximum absolute atomic E-state index is 14.7. The molecule has 4 aliphatic rings. The molecular weight excluding hydrogens is 473 g/mol. The molecule has 0 aromatic rings. The summed E-state index contributed by atoms with van der Waals surface area (Å²) < 4.78 is 71.3. The number of allylic oxidation sites excluding steroid dienone is 2. The normalized spacial score (nSPS) is 25.7. The number of rotatable bonds is 9. The van der Waals surface area contributed by atoms with Gasteiger partial charge in [0.15, 0.2) is 9.84 Å². The van der Waals surface area contributed by atoms with E-state index in [4.69, 9.17) is 5.73 Å². The Bertz CT molecular complexity index is 944. The Morgan fingerprint density at radius 1 is 1.03 bits per heavy atom. The lowest BCUT2D eigenvalue weighted by molar-refractivity contribution is -0.119. The van der Waals surface area contributed by atoms with Gasteiger partial charge >= 0.3 is 6.18 Å². The molecule has 1 atom stereocenters. The zero-order valence-corrected chi connectivity index (χ0v) is 20.6. The molecule has 1 heterocycles. The van der Waals surface area contributed by atoms with Crippen LogP contribution in [0, 0.1) is 17.8 Å². The van der Waals surface area contributed by atoms with Crippen molar-refractivity contribution in [1.82, 2.24) is 4.90 Å². The number of primary amides is 1. The van der Waals surface area contributed by atoms with Gasteiger partial charge in [0, 0.05) is 12.1 Å². The van der Waals surface area contributed by atoms with Gasteiger partial charge in [-0.15, -0.1) is 11.8 Å². The Morgan fingerprint density at radius 3 is 2.12 bits per heavy atom. The smallest absolute Gasteiger partial charge is 0.366 e. The van der Waals surface area contributed by atoms with Crippen LogP contribution in [0.3, 0.4) is 0 Å². The highest BCUT2D eigenvalue weighted by Gasteiger charge is 2.52. The van der Waals surface area contributed by atoms with Gasteiger partial charge in [0.1, 0.15) is 11.1 Å². The number of hydrogen-bond acceptors (Lipinski definition) is 5. The molecular formula is C23H33F3N2O3S2. The van der Waals surface area contributed by atoms with E-state index in [0.717, 1.165) is 69.5 Å². The predicted octanol–water partition coefficient (Wildman–Crippen LogP) is 4.75. The van der Waals surface area contributed by atoms with Gasteiger partial charge in [-0.3, -0.25) is 4.79 Å². The van der Waals surface area contributed by atoms with E-state index in [1.807, 2.05) is 0 Å². The van der Waals surface area contributed by atoms with E-state index in [-0.39, 0.29) is 47.6 Å². The van der Waals surface area contributed by atoms with Crippen LogP contribution >= 0.6 is 11.8 Å². The summed E-state index contributed by atoms with van der Waals surface area (Å²) in [6, 6.07) is 0. The van der Waals surface area contributed by atoms with Crippen LogP contribution in [-0.2, 0) is 14.6 Å². The molecule has 0 saturated heterocycles. The third-order valence-electron chi connectivity index (χ3n) is 7.21. The quantitative estimate of drug-likeness (QED) is 0.488. The Kier molecular flexibility index (Phi) is 7.16. The van der Waals surface area contributed by atoms with E-state index in [2.05, 4.69) is 0 Å². The van der Waals surface area contributed by atoms with Gasteiger partial charge in [0.05, 0.1) is 16.2 Å². The topological polar surface area (TPSA) is 80.5 Å². The number of carbonyl (C=O) groups is 1. The highest BCUT2D eigenvalue weighted by molar-refractivity contribution is 7.99. The summed E-state index contributed by atoms with van der Waals surface area (Å²) in [6.45, 7) is 0.154. The Morgan fingerprint density at radius 2 is 1.64 bits per heavy atom. The average molecular weight is 507 g/mol. The predicted molar refractivity (Wildman–Crippen MR) is 124 cm³/mol. The first-order valence-electron chi connectivity index (χ1n) is 11.9. The number of carbonyl (C=O) groups excluding carboxylic acids is 1. The molecule has 0 aromatic carbocycles. The summed E-state index contributed by atoms with van der Waals surface area (Å²) in [7, 11) is -4.11. The van der Waals surface area contributed by atoms with Crippen LogP contribution in [0.1, 0.15) is 64.2 Å². The lowest BCUT2D eigenvalue weighted by atomic mass is 9.82. The lowest BCUT2D eigenvalue weighted by Gasteiger charge is -2.42. The highest BCUT2D eigenvalue weighted by Crippen LogP contribution is 2.50. The van der Waals surface area contributed by atoms with E-state index in [0.29, 0.717) is 0 Å². The summed E-state index contributed by atoms with van der Waals surface area (Å²) in [6.07, 6.45) is 4.49. The molecule has 3 aliphatic carbocycles. The van der Waals surface area contributed by atoms with Crippen LogP contribution in [0.5, 0.6) is 0 Å². The number of nitrogens with two attached hydrogens (primary N) is 1. The van der Waals surface area contributed by atoms with Crippen molar-refractivity contribution in [3.8, 4) is 0 Å². The SMILES string of the molecule is CSC1C(C(N)=O)=C(S(=O)(=O)CC2CC2)C(CC2CCCCC2)=C(C(F)(F)F)N1CC1CC1. The van der Waals surface area contributed by atoms with Crippen molar-refractivity contribution < 1.29 is 26.4 Å². The zero-order chi connectivity index (χ0) is 24.0. The molecule has 1 unspecified atom stereocenters. The molecule has 2 N–H and O–H groups in total. The van der Waals surface area contributed by atoms with E-state index in [9.17, 15) is 26.4 Å². The minimum Gasteiger partial charge on any atom is -0.366 e. The molecule has 186 valence electrons. The van der Waals surface area contributed by atoms with E-state index < -0.39 is 37.9 Å². The molecule has 5 nitrogen and oxygen atoms in total. The van der Waals surface area contributed by atoms with Gasteiger partial charge in [-0.1, -0.05) is 32.1 Å². The number of thioether (sulfide) groups is 1. The first kappa shape index (κ1) is 24.9. The van der Waals surface area contributed by atoms with E-state index in [1.165, 1.54) is 4.90 Å². The standard InChI is InChI=1S/C23H33F3N2O3S2/c1-32-22-18(21(27)29)19(33(30,31)13-16-9-10-16)17(11-14-5-3-2-4-6-14)20(23(24,25)26)28(22)12-15-7-8-15/h14-16,22H,2-13H2,1H3,(H2,27,29). The molecule has 0 bridgehead atoms. The Hall–Kier alpha value is -1.16. The monoisotopic (exact) mass is 506 g/mol. The number of alkyl halides is 3. The molecule has 0 radical (unpaired) electrons. The summed E-state index contributed by atoms with van der Waals surface area (Å²) >= 11 is 1.05. The number of sulfone groups is 1. The Balaban J connectivity index is 1.93. The van der Waals surface area contributed by atoms with Crippen LogP contribution in [0.2, 0.25) is 0 Å². The molecule has 1 aliphatic heterocycles. The van der Waals surface area contributed by atoms with Crippen molar-refractivity contribution in [3.63, 3.8) is 0 Å². The van der Waals surface area contributed by atoms with E-state index >= 15 is 0 Å². The van der Waals surface area contributed by atoms with Gasteiger partial charge in [0.25, 0.3) is 0 Å². The first-order valence-corrected chi connectivity index (χ1v) is 14.8. The number of hydrogen-bond donors (Lipinski definition) is 1. The second-order valence-corrected chi connectivity index (χ2v) is 12.9. The minimum atomic E-state index is -4.73. The summed E-state index contributed by atoms with van der Waals surface area (Å²) in [5, 5.41) is -1.06. The summed E-state index contributed by atoms with van der Waals surface area (Å²) in [5.41, 5.74) is 4.48. The van der Waals surface area contributed by atoms with Crippen LogP contribution in [0.4, 0.5) is 13.2 Å².